The van der Waals surface area contributed by atoms with Gasteiger partial charge in [0, 0.05) is 51.2 Å². The number of hydrogen-bond acceptors (Lipinski definition) is 3. The van der Waals surface area contributed by atoms with E-state index in [0.717, 1.165) is 43.5 Å². The molecule has 8 heteroatoms. The quantitative estimate of drug-likeness (QED) is 0.326. The third-order valence-electron chi connectivity index (χ3n) is 3.66. The molecule has 0 saturated heterocycles. The molecule has 0 bridgehead atoms. The molecule has 134 valence electrons. The van der Waals surface area contributed by atoms with Gasteiger partial charge in [0.15, 0.2) is 11.6 Å². The van der Waals surface area contributed by atoms with Gasteiger partial charge in [-0.15, -0.1) is 34.2 Å². The average molecular weight is 453 g/mol. The second kappa shape index (κ2) is 10.0. The van der Waals surface area contributed by atoms with Gasteiger partial charge in [-0.05, 0) is 31.2 Å². The molecule has 7 nitrogen and oxygen atoms in total. The molecule has 3 heterocycles. The molecule has 2 N–H and O–H groups in total. The zero-order chi connectivity index (χ0) is 16.6. The molecular formula is C17H24IN7. The van der Waals surface area contributed by atoms with E-state index in [9.17, 15) is 0 Å². The summed E-state index contributed by atoms with van der Waals surface area (Å²) < 4.78 is 4.14. The molecule has 0 spiro atoms. The van der Waals surface area contributed by atoms with Crippen molar-refractivity contribution in [2.45, 2.75) is 19.9 Å². The van der Waals surface area contributed by atoms with Gasteiger partial charge in [-0.1, -0.05) is 6.07 Å². The van der Waals surface area contributed by atoms with Gasteiger partial charge in [0.05, 0.1) is 0 Å². The standard InChI is InChI=1S/C17H23N7.HI/c1-2-18-17(20-10-14-23-11-5-6-12-23)19-9-8-16-22-21-15-7-3-4-13-24(15)16;/h3-7,11-13H,2,8-10,14H2,1H3,(H2,18,19,20);1H. The van der Waals surface area contributed by atoms with Gasteiger partial charge in [0.2, 0.25) is 0 Å². The van der Waals surface area contributed by atoms with E-state index in [1.807, 2.05) is 40.9 Å². The number of aliphatic imine (C=N–C) groups is 1. The van der Waals surface area contributed by atoms with Crippen molar-refractivity contribution in [3.63, 3.8) is 0 Å². The van der Waals surface area contributed by atoms with Crippen LogP contribution in [-0.4, -0.2) is 44.8 Å². The lowest BCUT2D eigenvalue weighted by molar-refractivity contribution is 0.665. The number of nitrogens with one attached hydrogen (secondary N) is 2. The summed E-state index contributed by atoms with van der Waals surface area (Å²) in [6.45, 7) is 5.30. The molecule has 0 atom stereocenters. The maximum atomic E-state index is 4.62. The molecule has 0 unspecified atom stereocenters. The highest BCUT2D eigenvalue weighted by molar-refractivity contribution is 14.0. The van der Waals surface area contributed by atoms with Crippen LogP contribution in [0, 0.1) is 0 Å². The minimum atomic E-state index is 0. The minimum Gasteiger partial charge on any atom is -0.357 e. The number of fused-ring (bicyclic) bond motifs is 1. The SMILES string of the molecule is CCNC(=NCCc1nnc2ccccn12)NCCn1cccc1.I. The first kappa shape index (κ1) is 19.2. The maximum Gasteiger partial charge on any atom is 0.191 e. The molecule has 3 rings (SSSR count). The fourth-order valence-corrected chi connectivity index (χ4v) is 2.49. The van der Waals surface area contributed by atoms with E-state index in [4.69, 9.17) is 0 Å². The van der Waals surface area contributed by atoms with E-state index in [2.05, 4.69) is 49.7 Å². The second-order valence-electron chi connectivity index (χ2n) is 5.40. The van der Waals surface area contributed by atoms with Crippen molar-refractivity contribution in [2.75, 3.05) is 19.6 Å². The summed E-state index contributed by atoms with van der Waals surface area (Å²) in [6.07, 6.45) is 6.85. The van der Waals surface area contributed by atoms with Crippen LogP contribution in [-0.2, 0) is 13.0 Å². The highest BCUT2D eigenvalue weighted by Crippen LogP contribution is 2.03. The Morgan fingerprint density at radius 3 is 2.68 bits per heavy atom. The first-order valence-corrected chi connectivity index (χ1v) is 8.28. The summed E-state index contributed by atoms with van der Waals surface area (Å²) in [5, 5.41) is 15.0. The van der Waals surface area contributed by atoms with Gasteiger partial charge < -0.3 is 15.2 Å². The molecule has 3 aromatic rings. The van der Waals surface area contributed by atoms with Crippen molar-refractivity contribution in [1.29, 1.82) is 0 Å². The van der Waals surface area contributed by atoms with Crippen molar-refractivity contribution in [3.8, 4) is 0 Å². The third-order valence-corrected chi connectivity index (χ3v) is 3.66. The van der Waals surface area contributed by atoms with Crippen LogP contribution in [0.15, 0.2) is 53.9 Å². The van der Waals surface area contributed by atoms with Gasteiger partial charge in [0.1, 0.15) is 5.82 Å². The summed E-state index contributed by atoms with van der Waals surface area (Å²) in [5.41, 5.74) is 0.869. The van der Waals surface area contributed by atoms with Crippen LogP contribution in [0.5, 0.6) is 0 Å². The number of rotatable bonds is 7. The minimum absolute atomic E-state index is 0. The molecule has 0 aliphatic heterocycles. The summed E-state index contributed by atoms with van der Waals surface area (Å²) in [6, 6.07) is 9.96. The van der Waals surface area contributed by atoms with Crippen LogP contribution in [0.25, 0.3) is 5.65 Å². The van der Waals surface area contributed by atoms with Crippen LogP contribution in [0.1, 0.15) is 12.7 Å². The number of guanidine groups is 1. The maximum absolute atomic E-state index is 4.62. The van der Waals surface area contributed by atoms with Crippen LogP contribution in [0.2, 0.25) is 0 Å². The van der Waals surface area contributed by atoms with Gasteiger partial charge in [0.25, 0.3) is 0 Å². The van der Waals surface area contributed by atoms with Gasteiger partial charge in [-0.25, -0.2) is 0 Å². The van der Waals surface area contributed by atoms with Gasteiger partial charge in [-0.3, -0.25) is 9.39 Å². The van der Waals surface area contributed by atoms with E-state index in [1.165, 1.54) is 0 Å². The number of aromatic nitrogens is 4. The Morgan fingerprint density at radius 2 is 1.88 bits per heavy atom. The Balaban J connectivity index is 0.00000225. The summed E-state index contributed by atoms with van der Waals surface area (Å²) in [5.74, 6) is 1.76. The Bertz CT molecular complexity index is 779. The summed E-state index contributed by atoms with van der Waals surface area (Å²) in [7, 11) is 0. The van der Waals surface area contributed by atoms with Crippen LogP contribution < -0.4 is 10.6 Å². The zero-order valence-electron chi connectivity index (χ0n) is 14.3. The predicted octanol–water partition coefficient (Wildman–Crippen LogP) is 1.95. The molecule has 0 aliphatic carbocycles. The highest BCUT2D eigenvalue weighted by Gasteiger charge is 2.04. The molecule has 0 fully saturated rings. The van der Waals surface area contributed by atoms with E-state index < -0.39 is 0 Å². The molecule has 0 aliphatic rings. The van der Waals surface area contributed by atoms with Crippen molar-refractivity contribution in [1.82, 2.24) is 29.8 Å². The summed E-state index contributed by atoms with van der Waals surface area (Å²) >= 11 is 0. The van der Waals surface area contributed by atoms with Crippen molar-refractivity contribution >= 4 is 35.6 Å². The Labute approximate surface area is 164 Å². The first-order valence-electron chi connectivity index (χ1n) is 8.28. The number of hydrogen-bond donors (Lipinski definition) is 2. The van der Waals surface area contributed by atoms with E-state index >= 15 is 0 Å². The van der Waals surface area contributed by atoms with Gasteiger partial charge in [-0.2, -0.15) is 0 Å². The van der Waals surface area contributed by atoms with E-state index in [0.29, 0.717) is 6.54 Å². The summed E-state index contributed by atoms with van der Waals surface area (Å²) in [4.78, 5) is 4.62. The van der Waals surface area contributed by atoms with Crippen LogP contribution in [0.3, 0.4) is 0 Å². The van der Waals surface area contributed by atoms with Crippen molar-refractivity contribution in [3.05, 3.63) is 54.7 Å². The fraction of sp³-hybridized carbons (Fsp3) is 0.353. The lowest BCUT2D eigenvalue weighted by atomic mass is 10.4. The Hall–Kier alpha value is -2.10. The monoisotopic (exact) mass is 453 g/mol. The topological polar surface area (TPSA) is 71.5 Å². The normalized spacial score (nSPS) is 11.3. The predicted molar refractivity (Wildman–Crippen MR) is 111 cm³/mol. The lowest BCUT2D eigenvalue weighted by Gasteiger charge is -2.11. The third kappa shape index (κ3) is 5.45. The van der Waals surface area contributed by atoms with Crippen molar-refractivity contribution < 1.29 is 0 Å². The molecule has 0 radical (unpaired) electrons. The molecule has 0 saturated carbocycles. The second-order valence-corrected chi connectivity index (χ2v) is 5.40. The molecule has 25 heavy (non-hydrogen) atoms. The highest BCUT2D eigenvalue weighted by atomic mass is 127. The number of halogens is 1. The number of nitrogens with zero attached hydrogens (tertiary/aromatic N) is 5. The average Bonchev–Trinajstić information content (AvgIpc) is 3.25. The van der Waals surface area contributed by atoms with Crippen LogP contribution >= 0.6 is 24.0 Å². The Morgan fingerprint density at radius 1 is 1.08 bits per heavy atom. The molecule has 0 aromatic carbocycles. The Kier molecular flexibility index (Phi) is 7.71. The lowest BCUT2D eigenvalue weighted by Crippen LogP contribution is -2.39. The number of pyridine rings is 1. The smallest absolute Gasteiger partial charge is 0.191 e. The van der Waals surface area contributed by atoms with E-state index in [-0.39, 0.29) is 24.0 Å². The molecule has 0 amide bonds. The van der Waals surface area contributed by atoms with Crippen molar-refractivity contribution in [2.24, 2.45) is 4.99 Å². The largest absolute Gasteiger partial charge is 0.357 e. The van der Waals surface area contributed by atoms with Gasteiger partial charge >= 0.3 is 0 Å². The first-order chi connectivity index (χ1) is 11.9. The molecule has 3 aromatic heterocycles. The zero-order valence-corrected chi connectivity index (χ0v) is 16.6. The fourth-order valence-electron chi connectivity index (χ4n) is 2.49. The molecular weight excluding hydrogens is 429 g/mol. The van der Waals surface area contributed by atoms with Crippen LogP contribution in [0.4, 0.5) is 0 Å². The van der Waals surface area contributed by atoms with E-state index in [1.54, 1.807) is 0 Å².